The molecule has 5 heteroatoms. The predicted octanol–water partition coefficient (Wildman–Crippen LogP) is 1.51. The highest BCUT2D eigenvalue weighted by Gasteiger charge is 2.13. The van der Waals surface area contributed by atoms with Gasteiger partial charge in [0.25, 0.3) is 0 Å². The van der Waals surface area contributed by atoms with Crippen LogP contribution in [0.1, 0.15) is 26.2 Å². The fourth-order valence-electron chi connectivity index (χ4n) is 1.50. The molecule has 4 nitrogen and oxygen atoms in total. The summed E-state index contributed by atoms with van der Waals surface area (Å²) in [6, 6.07) is 4.23. The van der Waals surface area contributed by atoms with E-state index in [1.54, 1.807) is 12.1 Å². The fourth-order valence-corrected chi connectivity index (χ4v) is 1.50. The molecular weight excluding hydrogens is 221 g/mol. The third-order valence-corrected chi connectivity index (χ3v) is 2.59. The molecular formula is C12H20FN3O. The second-order valence-corrected chi connectivity index (χ2v) is 4.10. The van der Waals surface area contributed by atoms with Gasteiger partial charge in [-0.1, -0.05) is 25.8 Å². The van der Waals surface area contributed by atoms with Crippen LogP contribution in [0.15, 0.2) is 18.2 Å². The van der Waals surface area contributed by atoms with E-state index in [4.69, 9.17) is 5.73 Å². The van der Waals surface area contributed by atoms with Gasteiger partial charge in [0.05, 0.1) is 6.10 Å². The van der Waals surface area contributed by atoms with Crippen molar-refractivity contribution in [3.8, 4) is 0 Å². The van der Waals surface area contributed by atoms with Crippen molar-refractivity contribution >= 4 is 5.82 Å². The molecule has 0 bridgehead atoms. The summed E-state index contributed by atoms with van der Waals surface area (Å²) in [7, 11) is 0. The van der Waals surface area contributed by atoms with Crippen LogP contribution in [0.25, 0.3) is 0 Å². The molecule has 17 heavy (non-hydrogen) atoms. The van der Waals surface area contributed by atoms with E-state index in [1.807, 2.05) is 0 Å². The Morgan fingerprint density at radius 1 is 1.53 bits per heavy atom. The molecule has 0 radical (unpaired) electrons. The van der Waals surface area contributed by atoms with Gasteiger partial charge in [0.1, 0.15) is 5.82 Å². The van der Waals surface area contributed by atoms with E-state index in [2.05, 4.69) is 17.2 Å². The zero-order valence-electron chi connectivity index (χ0n) is 10.1. The molecule has 0 spiro atoms. The summed E-state index contributed by atoms with van der Waals surface area (Å²) in [5, 5.41) is 12.6. The monoisotopic (exact) mass is 241 g/mol. The number of pyridine rings is 1. The van der Waals surface area contributed by atoms with Crippen molar-refractivity contribution in [3.63, 3.8) is 0 Å². The number of rotatable bonds is 7. The first kappa shape index (κ1) is 13.9. The maximum atomic E-state index is 12.8. The number of aliphatic hydroxyl groups excluding tert-OH is 1. The van der Waals surface area contributed by atoms with Gasteiger partial charge >= 0.3 is 0 Å². The van der Waals surface area contributed by atoms with Crippen molar-refractivity contribution in [2.45, 2.75) is 38.3 Å². The minimum Gasteiger partial charge on any atom is -0.390 e. The minimum absolute atomic E-state index is 0.254. The molecule has 4 N–H and O–H groups in total. The molecule has 1 aromatic heterocycles. The number of nitrogens with one attached hydrogen (secondary N) is 1. The lowest BCUT2D eigenvalue weighted by molar-refractivity contribution is 0.151. The number of aliphatic hydroxyl groups is 1. The Hall–Kier alpha value is -1.20. The Kier molecular flexibility index (Phi) is 5.86. The zero-order valence-corrected chi connectivity index (χ0v) is 10.1. The summed E-state index contributed by atoms with van der Waals surface area (Å²) in [5.41, 5.74) is 5.81. The molecule has 0 aliphatic rings. The molecule has 0 amide bonds. The molecule has 0 saturated heterocycles. The summed E-state index contributed by atoms with van der Waals surface area (Å²) in [6.07, 6.45) is 2.19. The Bertz CT molecular complexity index is 335. The number of anilines is 1. The molecule has 0 aliphatic carbocycles. The van der Waals surface area contributed by atoms with Crippen LogP contribution in [0.4, 0.5) is 10.2 Å². The van der Waals surface area contributed by atoms with Crippen LogP contribution in [0.3, 0.4) is 0 Å². The van der Waals surface area contributed by atoms with Gasteiger partial charge in [-0.3, -0.25) is 0 Å². The number of nitrogens with two attached hydrogens (primary N) is 1. The smallest absolute Gasteiger partial charge is 0.214 e. The molecule has 0 fully saturated rings. The summed E-state index contributed by atoms with van der Waals surface area (Å²) >= 11 is 0. The van der Waals surface area contributed by atoms with E-state index >= 15 is 0 Å². The van der Waals surface area contributed by atoms with E-state index in [1.165, 1.54) is 6.07 Å². The molecule has 1 aromatic rings. The summed E-state index contributed by atoms with van der Waals surface area (Å²) in [4.78, 5) is 3.64. The highest BCUT2D eigenvalue weighted by atomic mass is 19.1. The van der Waals surface area contributed by atoms with E-state index in [0.717, 1.165) is 19.3 Å². The standard InChI is InChI=1S/C12H20FN3O/c1-2-3-5-9(14)10(17)8-15-12-7-4-6-11(13)16-12/h4,6-7,9-10,17H,2-3,5,8,14H2,1H3,(H,15,16)/t9-,10?/m0/s1. The molecule has 2 atom stereocenters. The first-order chi connectivity index (χ1) is 8.13. The number of hydrogen-bond donors (Lipinski definition) is 3. The number of nitrogens with zero attached hydrogens (tertiary/aromatic N) is 1. The van der Waals surface area contributed by atoms with Gasteiger partial charge in [-0.05, 0) is 18.6 Å². The third kappa shape index (κ3) is 5.10. The highest BCUT2D eigenvalue weighted by Crippen LogP contribution is 2.06. The first-order valence-corrected chi connectivity index (χ1v) is 5.93. The minimum atomic E-state index is -0.647. The third-order valence-electron chi connectivity index (χ3n) is 2.59. The molecule has 96 valence electrons. The second kappa shape index (κ2) is 7.19. The largest absolute Gasteiger partial charge is 0.390 e. The molecule has 1 rings (SSSR count). The lowest BCUT2D eigenvalue weighted by atomic mass is 10.1. The molecule has 0 aliphatic heterocycles. The molecule has 0 aromatic carbocycles. The highest BCUT2D eigenvalue weighted by molar-refractivity contribution is 5.33. The normalized spacial score (nSPS) is 14.4. The maximum absolute atomic E-state index is 12.8. The van der Waals surface area contributed by atoms with Crippen LogP contribution in [0, 0.1) is 5.95 Å². The van der Waals surface area contributed by atoms with Crippen molar-refractivity contribution in [1.29, 1.82) is 0 Å². The average molecular weight is 241 g/mol. The van der Waals surface area contributed by atoms with Gasteiger partial charge in [-0.15, -0.1) is 0 Å². The van der Waals surface area contributed by atoms with Gasteiger partial charge in [0.2, 0.25) is 5.95 Å². The van der Waals surface area contributed by atoms with Gasteiger partial charge in [-0.2, -0.15) is 4.39 Å². The van der Waals surface area contributed by atoms with Crippen LogP contribution < -0.4 is 11.1 Å². The Morgan fingerprint density at radius 3 is 2.94 bits per heavy atom. The Balaban J connectivity index is 2.34. The topological polar surface area (TPSA) is 71.2 Å². The van der Waals surface area contributed by atoms with E-state index < -0.39 is 12.1 Å². The van der Waals surface area contributed by atoms with Crippen LogP contribution in [0.2, 0.25) is 0 Å². The van der Waals surface area contributed by atoms with Crippen molar-refractivity contribution in [2.75, 3.05) is 11.9 Å². The van der Waals surface area contributed by atoms with Crippen molar-refractivity contribution < 1.29 is 9.50 Å². The average Bonchev–Trinajstić information content (AvgIpc) is 2.33. The van der Waals surface area contributed by atoms with Crippen molar-refractivity contribution in [1.82, 2.24) is 4.98 Å². The number of unbranched alkanes of at least 4 members (excludes halogenated alkanes) is 1. The van der Waals surface area contributed by atoms with Gasteiger partial charge in [0.15, 0.2) is 0 Å². The Morgan fingerprint density at radius 2 is 2.29 bits per heavy atom. The number of hydrogen-bond acceptors (Lipinski definition) is 4. The second-order valence-electron chi connectivity index (χ2n) is 4.10. The summed E-state index contributed by atoms with van der Waals surface area (Å²) < 4.78 is 12.8. The fraction of sp³-hybridized carbons (Fsp3) is 0.583. The van der Waals surface area contributed by atoms with E-state index in [9.17, 15) is 9.50 Å². The molecule has 1 heterocycles. The van der Waals surface area contributed by atoms with Crippen molar-refractivity contribution in [3.05, 3.63) is 24.1 Å². The van der Waals surface area contributed by atoms with Gasteiger partial charge < -0.3 is 16.2 Å². The summed E-state index contributed by atoms with van der Waals surface area (Å²) in [5.74, 6) is -0.133. The molecule has 1 unspecified atom stereocenters. The number of aromatic nitrogens is 1. The zero-order chi connectivity index (χ0) is 12.7. The Labute approximate surface area is 101 Å². The molecule has 0 saturated carbocycles. The van der Waals surface area contributed by atoms with Gasteiger partial charge in [-0.25, -0.2) is 4.98 Å². The SMILES string of the molecule is CCCC[C@H](N)C(O)CNc1cccc(F)n1. The van der Waals surface area contributed by atoms with Crippen LogP contribution in [0.5, 0.6) is 0 Å². The van der Waals surface area contributed by atoms with E-state index in [-0.39, 0.29) is 12.6 Å². The van der Waals surface area contributed by atoms with Crippen LogP contribution >= 0.6 is 0 Å². The van der Waals surface area contributed by atoms with Gasteiger partial charge in [0, 0.05) is 12.6 Å². The quantitative estimate of drug-likeness (QED) is 0.633. The first-order valence-electron chi connectivity index (χ1n) is 5.93. The van der Waals surface area contributed by atoms with E-state index in [0.29, 0.717) is 5.82 Å². The summed E-state index contributed by atoms with van der Waals surface area (Å²) in [6.45, 7) is 2.36. The lowest BCUT2D eigenvalue weighted by Crippen LogP contribution is -2.39. The van der Waals surface area contributed by atoms with Crippen LogP contribution in [-0.4, -0.2) is 28.8 Å². The van der Waals surface area contributed by atoms with Crippen LogP contribution in [-0.2, 0) is 0 Å². The maximum Gasteiger partial charge on any atom is 0.214 e. The predicted molar refractivity (Wildman–Crippen MR) is 66.2 cm³/mol. The number of halogens is 1. The lowest BCUT2D eigenvalue weighted by Gasteiger charge is -2.19. The van der Waals surface area contributed by atoms with Crippen molar-refractivity contribution in [2.24, 2.45) is 5.73 Å².